The van der Waals surface area contributed by atoms with Crippen LogP contribution in [0.4, 0.5) is 0 Å². The van der Waals surface area contributed by atoms with Gasteiger partial charge in [-0.2, -0.15) is 0 Å². The van der Waals surface area contributed by atoms with E-state index in [0.29, 0.717) is 0 Å². The fourth-order valence-electron chi connectivity index (χ4n) is 2.04. The monoisotopic (exact) mass is 349 g/mol. The molecule has 0 fully saturated rings. The molecular weight excluding hydrogens is 325 g/mol. The molecule has 1 unspecified atom stereocenters. The zero-order chi connectivity index (χ0) is 15.7. The Morgan fingerprint density at radius 3 is 2.71 bits per heavy atom. The van der Waals surface area contributed by atoms with E-state index in [-0.39, 0.29) is 12.1 Å². The average molecular weight is 350 g/mol. The maximum Gasteiger partial charge on any atom is 0.0610 e. The molecule has 0 aliphatic rings. The highest BCUT2D eigenvalue weighted by atomic mass is 35.5. The molecule has 1 aromatic rings. The first kappa shape index (κ1) is 19.1. The fraction of sp³-hybridized carbons (Fsp3) is 0.625. The van der Waals surface area contributed by atoms with E-state index in [9.17, 15) is 5.11 Å². The number of hydrogen-bond donors (Lipinski definition) is 2. The summed E-state index contributed by atoms with van der Waals surface area (Å²) in [5.74, 6) is 1.01. The fourth-order valence-corrected chi connectivity index (χ4v) is 3.54. The van der Waals surface area contributed by atoms with Crippen molar-refractivity contribution >= 4 is 35.0 Å². The van der Waals surface area contributed by atoms with Crippen LogP contribution in [0.25, 0.3) is 0 Å². The van der Waals surface area contributed by atoms with Crippen LogP contribution in [0.15, 0.2) is 23.1 Å². The van der Waals surface area contributed by atoms with Gasteiger partial charge in [-0.25, -0.2) is 0 Å². The number of rotatable bonds is 10. The summed E-state index contributed by atoms with van der Waals surface area (Å²) in [5, 5.41) is 14.4. The first-order valence-corrected chi connectivity index (χ1v) is 9.18. The van der Waals surface area contributed by atoms with Gasteiger partial charge in [-0.3, -0.25) is 0 Å². The SMILES string of the molecule is CCCNC(C)(CO)CCCCSc1cc(Cl)ccc1Cl. The van der Waals surface area contributed by atoms with Crippen LogP contribution in [0.5, 0.6) is 0 Å². The summed E-state index contributed by atoms with van der Waals surface area (Å²) in [5.41, 5.74) is -0.158. The van der Waals surface area contributed by atoms with E-state index < -0.39 is 0 Å². The lowest BCUT2D eigenvalue weighted by Gasteiger charge is -2.28. The molecular formula is C16H25Cl2NOS. The molecule has 0 bridgehead atoms. The Labute approximate surface area is 142 Å². The lowest BCUT2D eigenvalue weighted by atomic mass is 9.96. The summed E-state index contributed by atoms with van der Waals surface area (Å²) in [7, 11) is 0. The molecule has 0 saturated heterocycles. The minimum Gasteiger partial charge on any atom is -0.394 e. The second-order valence-corrected chi connectivity index (χ2v) is 7.51. The van der Waals surface area contributed by atoms with Crippen LogP contribution in [-0.2, 0) is 0 Å². The van der Waals surface area contributed by atoms with Crippen LogP contribution in [0.1, 0.15) is 39.5 Å². The number of benzene rings is 1. The number of unbranched alkanes of at least 4 members (excludes halogenated alkanes) is 1. The number of hydrogen-bond acceptors (Lipinski definition) is 3. The summed E-state index contributed by atoms with van der Waals surface area (Å²) in [6.07, 6.45) is 4.24. The average Bonchev–Trinajstić information content (AvgIpc) is 2.48. The van der Waals surface area contributed by atoms with Gasteiger partial charge >= 0.3 is 0 Å². The highest BCUT2D eigenvalue weighted by Gasteiger charge is 2.21. The van der Waals surface area contributed by atoms with Crippen LogP contribution < -0.4 is 5.32 Å². The predicted molar refractivity (Wildman–Crippen MR) is 94.8 cm³/mol. The molecule has 1 aromatic carbocycles. The maximum atomic E-state index is 9.51. The van der Waals surface area contributed by atoms with Crippen LogP contribution >= 0.6 is 35.0 Å². The van der Waals surface area contributed by atoms with E-state index in [0.717, 1.165) is 52.9 Å². The topological polar surface area (TPSA) is 32.3 Å². The molecule has 0 aliphatic carbocycles. The van der Waals surface area contributed by atoms with Gasteiger partial charge in [-0.15, -0.1) is 11.8 Å². The Morgan fingerprint density at radius 2 is 2.05 bits per heavy atom. The predicted octanol–water partition coefficient (Wildman–Crippen LogP) is 5.01. The molecule has 1 atom stereocenters. The van der Waals surface area contributed by atoms with Crippen molar-refractivity contribution in [1.29, 1.82) is 0 Å². The molecule has 5 heteroatoms. The van der Waals surface area contributed by atoms with Gasteiger partial charge in [0.15, 0.2) is 0 Å². The summed E-state index contributed by atoms with van der Waals surface area (Å²) in [6, 6.07) is 5.55. The van der Waals surface area contributed by atoms with Gasteiger partial charge in [0.25, 0.3) is 0 Å². The van der Waals surface area contributed by atoms with Gasteiger partial charge in [0.1, 0.15) is 0 Å². The highest BCUT2D eigenvalue weighted by Crippen LogP contribution is 2.30. The maximum absolute atomic E-state index is 9.51. The number of aliphatic hydroxyl groups is 1. The third-order valence-electron chi connectivity index (χ3n) is 3.42. The largest absolute Gasteiger partial charge is 0.394 e. The van der Waals surface area contributed by atoms with Crippen molar-refractivity contribution in [1.82, 2.24) is 5.32 Å². The van der Waals surface area contributed by atoms with Crippen LogP contribution in [-0.4, -0.2) is 29.5 Å². The van der Waals surface area contributed by atoms with Crippen LogP contribution in [0.2, 0.25) is 10.0 Å². The van der Waals surface area contributed by atoms with Gasteiger partial charge in [0.2, 0.25) is 0 Å². The van der Waals surface area contributed by atoms with E-state index in [4.69, 9.17) is 23.2 Å². The van der Waals surface area contributed by atoms with Crippen molar-refractivity contribution in [3.8, 4) is 0 Å². The molecule has 0 spiro atoms. The Hall–Kier alpha value is 0.0700. The molecule has 1 rings (SSSR count). The van der Waals surface area contributed by atoms with E-state index >= 15 is 0 Å². The highest BCUT2D eigenvalue weighted by molar-refractivity contribution is 7.99. The normalized spacial score (nSPS) is 14.1. The Balaban J connectivity index is 2.29. The molecule has 0 radical (unpaired) electrons. The van der Waals surface area contributed by atoms with E-state index in [2.05, 4.69) is 19.2 Å². The van der Waals surface area contributed by atoms with Crippen molar-refractivity contribution in [2.24, 2.45) is 0 Å². The third-order valence-corrected chi connectivity index (χ3v) is 5.24. The van der Waals surface area contributed by atoms with Gasteiger partial charge in [-0.1, -0.05) is 36.5 Å². The first-order valence-electron chi connectivity index (χ1n) is 7.44. The Kier molecular flexibility index (Phi) is 9.07. The van der Waals surface area contributed by atoms with Crippen molar-refractivity contribution < 1.29 is 5.11 Å². The molecule has 2 N–H and O–H groups in total. The Morgan fingerprint density at radius 1 is 1.29 bits per heavy atom. The number of aliphatic hydroxyl groups excluding tert-OH is 1. The molecule has 120 valence electrons. The molecule has 21 heavy (non-hydrogen) atoms. The molecule has 0 aromatic heterocycles. The zero-order valence-corrected chi connectivity index (χ0v) is 15.1. The summed E-state index contributed by atoms with van der Waals surface area (Å²) >= 11 is 13.9. The van der Waals surface area contributed by atoms with Crippen molar-refractivity contribution in [3.05, 3.63) is 28.2 Å². The van der Waals surface area contributed by atoms with Gasteiger partial charge in [-0.05, 0) is 56.7 Å². The van der Waals surface area contributed by atoms with Crippen molar-refractivity contribution in [2.45, 2.75) is 50.0 Å². The van der Waals surface area contributed by atoms with E-state index in [1.165, 1.54) is 0 Å². The lowest BCUT2D eigenvalue weighted by Crippen LogP contribution is -2.46. The standard InChI is InChI=1S/C16H25Cl2NOS/c1-3-9-19-16(2,12-20)8-4-5-10-21-15-11-13(17)6-7-14(15)18/h6-7,11,19-20H,3-5,8-10,12H2,1-2H3. The minimum absolute atomic E-state index is 0.158. The van der Waals surface area contributed by atoms with Crippen LogP contribution in [0.3, 0.4) is 0 Å². The molecule has 0 saturated carbocycles. The number of nitrogens with one attached hydrogen (secondary N) is 1. The van der Waals surface area contributed by atoms with Crippen molar-refractivity contribution in [3.63, 3.8) is 0 Å². The summed E-state index contributed by atoms with van der Waals surface area (Å²) in [6.45, 7) is 5.35. The molecule has 0 amide bonds. The first-order chi connectivity index (χ1) is 10.0. The van der Waals surface area contributed by atoms with Gasteiger partial charge in [0.05, 0.1) is 11.6 Å². The third kappa shape index (κ3) is 7.25. The van der Waals surface area contributed by atoms with Gasteiger partial charge < -0.3 is 10.4 Å². The molecule has 2 nitrogen and oxygen atoms in total. The molecule has 0 aliphatic heterocycles. The van der Waals surface area contributed by atoms with Crippen LogP contribution in [0, 0.1) is 0 Å². The van der Waals surface area contributed by atoms with Crippen molar-refractivity contribution in [2.75, 3.05) is 18.9 Å². The van der Waals surface area contributed by atoms with E-state index in [1.807, 2.05) is 12.1 Å². The number of halogens is 2. The lowest BCUT2D eigenvalue weighted by molar-refractivity contribution is 0.163. The summed E-state index contributed by atoms with van der Waals surface area (Å²) in [4.78, 5) is 1.04. The summed E-state index contributed by atoms with van der Waals surface area (Å²) < 4.78 is 0. The molecule has 0 heterocycles. The zero-order valence-electron chi connectivity index (χ0n) is 12.8. The Bertz CT molecular complexity index is 431. The minimum atomic E-state index is -0.158. The van der Waals surface area contributed by atoms with E-state index in [1.54, 1.807) is 17.8 Å². The number of thioether (sulfide) groups is 1. The van der Waals surface area contributed by atoms with Gasteiger partial charge in [0, 0.05) is 15.5 Å². The second-order valence-electron chi connectivity index (χ2n) is 5.53. The smallest absolute Gasteiger partial charge is 0.0610 e. The second kappa shape index (κ2) is 9.96. The quantitative estimate of drug-likeness (QED) is 0.460.